The number of non-ortho nitro benzene ring substituents is 1. The predicted octanol–water partition coefficient (Wildman–Crippen LogP) is 5.66. The largest absolute Gasteiger partial charge is 0.353 e. The first-order valence-electron chi connectivity index (χ1n) is 10.7. The second kappa shape index (κ2) is 9.28. The fraction of sp³-hybridized carbons (Fsp3) is 0.120. The van der Waals surface area contributed by atoms with Crippen molar-refractivity contribution in [1.82, 2.24) is 14.9 Å². The number of aryl methyl sites for hydroxylation is 1. The molecule has 2 aromatic carbocycles. The molecule has 2 aromatic heterocycles. The van der Waals surface area contributed by atoms with Crippen molar-refractivity contribution >= 4 is 40.5 Å². The zero-order chi connectivity index (χ0) is 23.7. The van der Waals surface area contributed by atoms with E-state index in [2.05, 4.69) is 38.0 Å². The van der Waals surface area contributed by atoms with E-state index in [1.165, 1.54) is 12.1 Å². The molecule has 1 aliphatic heterocycles. The van der Waals surface area contributed by atoms with Gasteiger partial charge >= 0.3 is 0 Å². The summed E-state index contributed by atoms with van der Waals surface area (Å²) in [4.78, 5) is 19.2. The lowest BCUT2D eigenvalue weighted by molar-refractivity contribution is -0.384. The van der Waals surface area contributed by atoms with E-state index in [1.807, 2.05) is 49.6 Å². The molecule has 1 aliphatic rings. The summed E-state index contributed by atoms with van der Waals surface area (Å²) in [6, 6.07) is 24.7. The lowest BCUT2D eigenvalue weighted by atomic mass is 10.0. The summed E-state index contributed by atoms with van der Waals surface area (Å²) in [7, 11) is 2.04. The third-order valence-electron chi connectivity index (χ3n) is 5.78. The number of pyridine rings is 1. The summed E-state index contributed by atoms with van der Waals surface area (Å²) in [5.41, 5.74) is 3.13. The molecule has 0 radical (unpaired) electrons. The van der Waals surface area contributed by atoms with Crippen LogP contribution in [0.15, 0.2) is 101 Å². The van der Waals surface area contributed by atoms with E-state index in [1.54, 1.807) is 30.1 Å². The summed E-state index contributed by atoms with van der Waals surface area (Å²) < 4.78 is 2.11. The Hall–Kier alpha value is -3.69. The van der Waals surface area contributed by atoms with Crippen LogP contribution in [0, 0.1) is 10.1 Å². The number of aromatic nitrogens is 2. The van der Waals surface area contributed by atoms with Crippen LogP contribution in [0.25, 0.3) is 0 Å². The number of nitrogens with zero attached hydrogens (tertiary/aromatic N) is 4. The molecular formula is C25H21N5O2S2. The fourth-order valence-corrected chi connectivity index (χ4v) is 5.32. The zero-order valence-corrected chi connectivity index (χ0v) is 19.9. The Kier molecular flexibility index (Phi) is 6.04. The highest BCUT2D eigenvalue weighted by molar-refractivity contribution is 7.99. The van der Waals surface area contributed by atoms with Gasteiger partial charge in [-0.3, -0.25) is 15.1 Å². The minimum atomic E-state index is -0.391. The number of rotatable bonds is 6. The summed E-state index contributed by atoms with van der Waals surface area (Å²) in [6.07, 6.45) is 3.84. The number of nitro benzene ring substituents is 1. The molecule has 3 heterocycles. The molecule has 0 saturated carbocycles. The summed E-state index contributed by atoms with van der Waals surface area (Å²) in [5, 5.41) is 15.0. The molecule has 1 N–H and O–H groups in total. The number of benzene rings is 2. The maximum atomic E-state index is 10.9. The van der Waals surface area contributed by atoms with Gasteiger partial charge in [0.05, 0.1) is 16.7 Å². The van der Waals surface area contributed by atoms with Crippen molar-refractivity contribution in [2.45, 2.75) is 21.9 Å². The first-order valence-corrected chi connectivity index (χ1v) is 11.9. The monoisotopic (exact) mass is 487 g/mol. The lowest BCUT2D eigenvalue weighted by Gasteiger charge is -2.28. The number of hydrogen-bond acceptors (Lipinski definition) is 5. The highest BCUT2D eigenvalue weighted by Crippen LogP contribution is 2.42. The second-order valence-electron chi connectivity index (χ2n) is 7.89. The minimum absolute atomic E-state index is 0.0597. The summed E-state index contributed by atoms with van der Waals surface area (Å²) in [6.45, 7) is 0. The van der Waals surface area contributed by atoms with E-state index < -0.39 is 4.92 Å². The number of nitro groups is 1. The van der Waals surface area contributed by atoms with Gasteiger partial charge in [-0.2, -0.15) is 0 Å². The predicted molar refractivity (Wildman–Crippen MR) is 137 cm³/mol. The molecule has 170 valence electrons. The van der Waals surface area contributed by atoms with Crippen LogP contribution in [0.2, 0.25) is 0 Å². The van der Waals surface area contributed by atoms with Crippen LogP contribution in [-0.4, -0.2) is 19.6 Å². The van der Waals surface area contributed by atoms with Crippen molar-refractivity contribution in [3.63, 3.8) is 0 Å². The summed E-state index contributed by atoms with van der Waals surface area (Å²) in [5.74, 6) is 0. The molecule has 34 heavy (non-hydrogen) atoms. The number of hydrogen-bond donors (Lipinski definition) is 1. The maximum absolute atomic E-state index is 10.9. The van der Waals surface area contributed by atoms with E-state index in [-0.39, 0.29) is 17.8 Å². The Morgan fingerprint density at radius 3 is 2.29 bits per heavy atom. The van der Waals surface area contributed by atoms with Gasteiger partial charge in [0.1, 0.15) is 6.04 Å². The Labute approximate surface area is 206 Å². The molecule has 0 spiro atoms. The molecule has 7 nitrogen and oxygen atoms in total. The Morgan fingerprint density at radius 1 is 1.00 bits per heavy atom. The van der Waals surface area contributed by atoms with Gasteiger partial charge in [0.25, 0.3) is 5.69 Å². The van der Waals surface area contributed by atoms with Gasteiger partial charge in [0.15, 0.2) is 5.11 Å². The number of anilines is 1. The van der Waals surface area contributed by atoms with Crippen LogP contribution in [0.1, 0.15) is 23.5 Å². The quantitative estimate of drug-likeness (QED) is 0.214. The third-order valence-corrected chi connectivity index (χ3v) is 7.11. The van der Waals surface area contributed by atoms with Crippen molar-refractivity contribution in [3.05, 3.63) is 113 Å². The van der Waals surface area contributed by atoms with Crippen LogP contribution >= 0.6 is 24.0 Å². The van der Waals surface area contributed by atoms with Crippen LogP contribution in [0.3, 0.4) is 0 Å². The van der Waals surface area contributed by atoms with Gasteiger partial charge < -0.3 is 14.8 Å². The first kappa shape index (κ1) is 22.1. The molecule has 0 unspecified atom stereocenters. The molecule has 5 rings (SSSR count). The standard InChI is InChI=1S/C25H21N5O2S2/c1-28-16-4-6-22(28)24-23(21-5-2-3-15-26-21)27-25(33)29(24)17-7-11-19(12-8-17)34-20-13-9-18(10-14-20)30(31)32/h2-16,23-24H,1H3,(H,27,33)/t23-,24+/m1/s1. The molecule has 0 amide bonds. The van der Waals surface area contributed by atoms with Crippen molar-refractivity contribution in [2.75, 3.05) is 4.90 Å². The van der Waals surface area contributed by atoms with Crippen molar-refractivity contribution in [2.24, 2.45) is 7.05 Å². The Bertz CT molecular complexity index is 1320. The average molecular weight is 488 g/mol. The van der Waals surface area contributed by atoms with Crippen LogP contribution in [0.5, 0.6) is 0 Å². The topological polar surface area (TPSA) is 76.2 Å². The van der Waals surface area contributed by atoms with Crippen molar-refractivity contribution in [3.8, 4) is 0 Å². The van der Waals surface area contributed by atoms with E-state index in [0.717, 1.165) is 26.9 Å². The first-order chi connectivity index (χ1) is 16.5. The van der Waals surface area contributed by atoms with E-state index in [9.17, 15) is 10.1 Å². The highest BCUT2D eigenvalue weighted by Gasteiger charge is 2.41. The minimum Gasteiger partial charge on any atom is -0.353 e. The number of nitrogens with one attached hydrogen (secondary N) is 1. The van der Waals surface area contributed by atoms with E-state index in [0.29, 0.717) is 5.11 Å². The molecule has 9 heteroatoms. The second-order valence-corrected chi connectivity index (χ2v) is 9.42. The molecule has 0 bridgehead atoms. The maximum Gasteiger partial charge on any atom is 0.269 e. The molecular weight excluding hydrogens is 466 g/mol. The highest BCUT2D eigenvalue weighted by atomic mass is 32.2. The van der Waals surface area contributed by atoms with Gasteiger partial charge in [0.2, 0.25) is 0 Å². The van der Waals surface area contributed by atoms with Gasteiger partial charge in [-0.05, 0) is 72.9 Å². The van der Waals surface area contributed by atoms with Crippen molar-refractivity contribution < 1.29 is 4.92 Å². The molecule has 4 aromatic rings. The number of thiocarbonyl (C=S) groups is 1. The van der Waals surface area contributed by atoms with Crippen molar-refractivity contribution in [1.29, 1.82) is 0 Å². The smallest absolute Gasteiger partial charge is 0.269 e. The lowest BCUT2D eigenvalue weighted by Crippen LogP contribution is -2.30. The third kappa shape index (κ3) is 4.27. The van der Waals surface area contributed by atoms with Gasteiger partial charge in [-0.25, -0.2) is 0 Å². The van der Waals surface area contributed by atoms with Crippen LogP contribution in [-0.2, 0) is 7.05 Å². The molecule has 1 saturated heterocycles. The Balaban J connectivity index is 1.44. The normalized spacial score (nSPS) is 17.6. The van der Waals surface area contributed by atoms with E-state index >= 15 is 0 Å². The fourth-order valence-electron chi connectivity index (χ4n) is 4.16. The zero-order valence-electron chi connectivity index (χ0n) is 18.2. The summed E-state index contributed by atoms with van der Waals surface area (Å²) >= 11 is 7.34. The molecule has 2 atom stereocenters. The SMILES string of the molecule is Cn1cccc1[C@H]1[C@@H](c2ccccn2)NC(=S)N1c1ccc(Sc2ccc([N+](=O)[O-])cc2)cc1. The van der Waals surface area contributed by atoms with Gasteiger partial charge in [-0.15, -0.1) is 0 Å². The average Bonchev–Trinajstić information content (AvgIpc) is 3.42. The van der Waals surface area contributed by atoms with Crippen LogP contribution in [0.4, 0.5) is 11.4 Å². The Morgan fingerprint density at radius 2 is 1.71 bits per heavy atom. The van der Waals surface area contributed by atoms with Gasteiger partial charge in [0, 0.05) is 52.7 Å². The molecule has 0 aliphatic carbocycles. The molecule has 1 fully saturated rings. The van der Waals surface area contributed by atoms with Gasteiger partial charge in [-0.1, -0.05) is 17.8 Å². The van der Waals surface area contributed by atoms with Crippen LogP contribution < -0.4 is 10.2 Å². The van der Waals surface area contributed by atoms with E-state index in [4.69, 9.17) is 12.2 Å².